The van der Waals surface area contributed by atoms with Gasteiger partial charge >= 0.3 is 27.7 Å². The molecule has 5 heteroatoms. The van der Waals surface area contributed by atoms with Crippen LogP contribution in [0.4, 0.5) is 0 Å². The van der Waals surface area contributed by atoms with Gasteiger partial charge in [0, 0.05) is 0 Å². The fourth-order valence-electron chi connectivity index (χ4n) is 0. The molecule has 0 aromatic heterocycles. The van der Waals surface area contributed by atoms with Crippen molar-refractivity contribution in [1.82, 2.24) is 0 Å². The van der Waals surface area contributed by atoms with Gasteiger partial charge in [-0.25, -0.2) is 0 Å². The van der Waals surface area contributed by atoms with E-state index in [1.54, 1.807) is 0 Å². The minimum atomic E-state index is -2.92. The van der Waals surface area contributed by atoms with E-state index in [1.807, 2.05) is 0 Å². The Morgan fingerprint density at radius 1 is 1.00 bits per heavy atom. The summed E-state index contributed by atoms with van der Waals surface area (Å²) in [5.41, 5.74) is 0. The second kappa shape index (κ2) is 4.88. The first kappa shape index (κ1) is 9.30. The molecule has 0 aliphatic rings. The third-order valence-corrected chi connectivity index (χ3v) is 0. The van der Waals surface area contributed by atoms with Gasteiger partial charge in [0.2, 0.25) is 0 Å². The zero-order valence-corrected chi connectivity index (χ0v) is 8.01. The molecule has 0 amide bonds. The summed E-state index contributed by atoms with van der Waals surface area (Å²) in [5.74, 6) is 0. The van der Waals surface area contributed by atoms with E-state index < -0.39 is 7.32 Å². The van der Waals surface area contributed by atoms with E-state index in [2.05, 4.69) is 0 Å². The Balaban J connectivity index is 0. The summed E-state index contributed by atoms with van der Waals surface area (Å²) in [5, 5.41) is 25.2. The maximum absolute atomic E-state index is 8.42. The van der Waals surface area contributed by atoms with E-state index in [0.717, 1.165) is 0 Å². The number of rotatable bonds is 0. The van der Waals surface area contributed by atoms with Gasteiger partial charge < -0.3 is 15.1 Å². The van der Waals surface area contributed by atoms with E-state index in [4.69, 9.17) is 15.1 Å². The topological polar surface area (TPSA) is 69.2 Å². The predicted molar refractivity (Wildman–Crippen MR) is 5.75 cm³/mol. The van der Waals surface area contributed by atoms with Crippen molar-refractivity contribution in [2.24, 2.45) is 0 Å². The maximum atomic E-state index is 8.42. The van der Waals surface area contributed by atoms with Crippen LogP contribution >= 0.6 is 0 Å². The zero-order valence-electron chi connectivity index (χ0n) is 2.51. The van der Waals surface area contributed by atoms with Crippen LogP contribution in [-0.4, -0.2) is 7.32 Å². The second-order valence-electron chi connectivity index (χ2n) is 0.289. The third-order valence-electron chi connectivity index (χ3n) is 0. The van der Waals surface area contributed by atoms with Crippen LogP contribution in [0, 0.1) is 0 Å². The van der Waals surface area contributed by atoms with Crippen molar-refractivity contribution in [3.8, 4) is 0 Å². The van der Waals surface area contributed by atoms with E-state index >= 15 is 0 Å². The Kier molecular flexibility index (Phi) is 9.08. The molecule has 0 aromatic carbocycles. The summed E-state index contributed by atoms with van der Waals surface area (Å²) in [6.07, 6.45) is 0. The average molecular weight is 259 g/mol. The Morgan fingerprint density at radius 2 is 1.00 bits per heavy atom. The molecule has 23 valence electrons. The molecule has 0 saturated carbocycles. The van der Waals surface area contributed by atoms with E-state index in [0.29, 0.717) is 0 Å². The quantitative estimate of drug-likeness (QED) is 0.417. The maximum Gasteiger partial charge on any atom is 3.00 e. The summed E-state index contributed by atoms with van der Waals surface area (Å²) in [6, 6.07) is 0. The molecule has 0 rings (SSSR count). The van der Waals surface area contributed by atoms with Crippen LogP contribution in [0.2, 0.25) is 0 Å². The van der Waals surface area contributed by atoms with Gasteiger partial charge in [-0.15, -0.1) is 0 Å². The molecule has 0 atom stereocenters. The molecule has 0 spiro atoms. The monoisotopic (exact) mass is 261 g/mol. The van der Waals surface area contributed by atoms with Gasteiger partial charge in [0.1, 0.15) is 0 Å². The first-order valence-corrected chi connectivity index (χ1v) is 0.707. The standard InChI is InChI=1S/BO3.Hg/c2-1(3)4;/q-3;+3. The van der Waals surface area contributed by atoms with Gasteiger partial charge in [0.15, 0.2) is 0 Å². The van der Waals surface area contributed by atoms with Gasteiger partial charge in [-0.1, -0.05) is 0 Å². The molecular weight excluding hydrogens is 259 g/mol. The fourth-order valence-corrected chi connectivity index (χ4v) is 0. The number of hydrogen-bond donors (Lipinski definition) is 0. The van der Waals surface area contributed by atoms with Gasteiger partial charge in [0.05, 0.1) is 0 Å². The zero-order chi connectivity index (χ0) is 3.58. The Morgan fingerprint density at radius 3 is 1.00 bits per heavy atom. The van der Waals surface area contributed by atoms with Crippen LogP contribution in [-0.2, 0) is 27.7 Å². The fraction of sp³-hybridized carbons (Fsp3) is 0. The molecule has 0 aliphatic carbocycles. The minimum absolute atomic E-state index is 0. The molecule has 0 radical (unpaired) electrons. The summed E-state index contributed by atoms with van der Waals surface area (Å²) in [4.78, 5) is 0. The van der Waals surface area contributed by atoms with Gasteiger partial charge in [-0.2, -0.15) is 0 Å². The Labute approximate surface area is 50.3 Å². The molecule has 0 saturated heterocycles. The predicted octanol–water partition coefficient (Wildman–Crippen LogP) is -3.95. The molecule has 0 N–H and O–H groups in total. The van der Waals surface area contributed by atoms with Crippen molar-refractivity contribution in [1.29, 1.82) is 0 Å². The summed E-state index contributed by atoms with van der Waals surface area (Å²) in [7, 11) is -2.92. The second-order valence-corrected chi connectivity index (χ2v) is 0.289. The van der Waals surface area contributed by atoms with Crippen molar-refractivity contribution >= 4 is 7.32 Å². The summed E-state index contributed by atoms with van der Waals surface area (Å²) < 4.78 is 0. The van der Waals surface area contributed by atoms with Crippen LogP contribution < -0.4 is 15.1 Å². The molecule has 0 aliphatic heterocycles. The normalized spacial score (nSPS) is 5.40. The molecular formula is BHgO3. The van der Waals surface area contributed by atoms with Crippen LogP contribution in [0.3, 0.4) is 0 Å². The Hall–Kier alpha value is 0.880. The van der Waals surface area contributed by atoms with E-state index in [1.165, 1.54) is 0 Å². The molecule has 0 bridgehead atoms. The van der Waals surface area contributed by atoms with Gasteiger partial charge in [0.25, 0.3) is 0 Å². The van der Waals surface area contributed by atoms with Crippen molar-refractivity contribution < 1.29 is 42.7 Å². The van der Waals surface area contributed by atoms with Crippen molar-refractivity contribution in [3.05, 3.63) is 0 Å². The first-order chi connectivity index (χ1) is 1.73. The molecule has 3 nitrogen and oxygen atoms in total. The Bertz CT molecular complexity index is 11.6. The van der Waals surface area contributed by atoms with Gasteiger partial charge in [-0.05, 0) is 0 Å². The average Bonchev–Trinajstić information content (AvgIpc) is 0.811. The van der Waals surface area contributed by atoms with Crippen LogP contribution in [0.1, 0.15) is 0 Å². The van der Waals surface area contributed by atoms with Crippen LogP contribution in [0.15, 0.2) is 0 Å². The largest absolute Gasteiger partial charge is 3.00 e. The smallest absolute Gasteiger partial charge is 0.907 e. The first-order valence-electron chi connectivity index (χ1n) is 0.707. The molecule has 0 heterocycles. The SMILES string of the molecule is [Hg+3].[O-]B([O-])[O-]. The number of hydrogen-bond acceptors (Lipinski definition) is 3. The molecule has 5 heavy (non-hydrogen) atoms. The minimum Gasteiger partial charge on any atom is -0.907 e. The molecule has 0 aromatic rings. The van der Waals surface area contributed by atoms with E-state index in [-0.39, 0.29) is 27.7 Å². The van der Waals surface area contributed by atoms with E-state index in [9.17, 15) is 0 Å². The summed E-state index contributed by atoms with van der Waals surface area (Å²) in [6.45, 7) is 0. The summed E-state index contributed by atoms with van der Waals surface area (Å²) >= 11 is 0. The van der Waals surface area contributed by atoms with Crippen molar-refractivity contribution in [2.45, 2.75) is 0 Å². The van der Waals surface area contributed by atoms with Crippen molar-refractivity contribution in [3.63, 3.8) is 0 Å². The van der Waals surface area contributed by atoms with Gasteiger partial charge in [-0.3, -0.25) is 7.32 Å². The molecule has 0 fully saturated rings. The third kappa shape index (κ3) is 52.3. The van der Waals surface area contributed by atoms with Crippen molar-refractivity contribution in [2.75, 3.05) is 0 Å². The van der Waals surface area contributed by atoms with Crippen LogP contribution in [0.5, 0.6) is 0 Å². The molecule has 0 unspecified atom stereocenters. The van der Waals surface area contributed by atoms with Crippen LogP contribution in [0.25, 0.3) is 0 Å².